The second-order valence-electron chi connectivity index (χ2n) is 6.20. The maximum atomic E-state index is 12.7. The fourth-order valence-electron chi connectivity index (χ4n) is 3.19. The van der Waals surface area contributed by atoms with Crippen molar-refractivity contribution in [3.63, 3.8) is 0 Å². The summed E-state index contributed by atoms with van der Waals surface area (Å²) >= 11 is 0. The molecule has 0 bridgehead atoms. The van der Waals surface area contributed by atoms with E-state index in [0.29, 0.717) is 19.4 Å². The van der Waals surface area contributed by atoms with Gasteiger partial charge in [-0.2, -0.15) is 0 Å². The summed E-state index contributed by atoms with van der Waals surface area (Å²) in [6, 6.07) is 14.5. The number of rotatable bonds is 5. The molecule has 1 atom stereocenters. The van der Waals surface area contributed by atoms with Crippen LogP contribution in [0.1, 0.15) is 23.1 Å². The Morgan fingerprint density at radius 2 is 1.80 bits per heavy atom. The quantitative estimate of drug-likeness (QED) is 0.909. The number of hydrogen-bond donors (Lipinski definition) is 1. The first-order valence-electron chi connectivity index (χ1n) is 8.30. The molecular formula is C20H21NO4. The van der Waals surface area contributed by atoms with Gasteiger partial charge in [0.2, 0.25) is 5.91 Å². The Morgan fingerprint density at radius 3 is 2.44 bits per heavy atom. The van der Waals surface area contributed by atoms with Gasteiger partial charge < -0.3 is 14.7 Å². The van der Waals surface area contributed by atoms with E-state index >= 15 is 0 Å². The third-order valence-electron chi connectivity index (χ3n) is 4.64. The number of benzene rings is 2. The van der Waals surface area contributed by atoms with Gasteiger partial charge in [-0.05, 0) is 35.2 Å². The first kappa shape index (κ1) is 17.0. The summed E-state index contributed by atoms with van der Waals surface area (Å²) in [5.41, 5.74) is 3.06. The highest BCUT2D eigenvalue weighted by molar-refractivity contribution is 5.84. The number of nitrogens with zero attached hydrogens (tertiary/aromatic N) is 1. The second kappa shape index (κ2) is 7.38. The van der Waals surface area contributed by atoms with Crippen LogP contribution < -0.4 is 4.74 Å². The number of methoxy groups -OCH3 is 1. The lowest BCUT2D eigenvalue weighted by molar-refractivity contribution is -0.151. The van der Waals surface area contributed by atoms with E-state index in [1.165, 1.54) is 4.90 Å². The lowest BCUT2D eigenvalue weighted by Gasteiger charge is -2.34. The zero-order valence-corrected chi connectivity index (χ0v) is 14.1. The molecule has 25 heavy (non-hydrogen) atoms. The molecule has 5 heteroatoms. The number of aryl methyl sites for hydroxylation is 1. The van der Waals surface area contributed by atoms with Gasteiger partial charge in [-0.3, -0.25) is 4.79 Å². The number of carbonyl (C=O) groups is 2. The fraction of sp³-hybridized carbons (Fsp3) is 0.300. The van der Waals surface area contributed by atoms with Crippen LogP contribution in [-0.2, 0) is 29.0 Å². The van der Waals surface area contributed by atoms with Crippen molar-refractivity contribution >= 4 is 11.9 Å². The topological polar surface area (TPSA) is 66.8 Å². The molecule has 1 aliphatic heterocycles. The number of fused-ring (bicyclic) bond motifs is 1. The largest absolute Gasteiger partial charge is 0.497 e. The van der Waals surface area contributed by atoms with Gasteiger partial charge in [0.1, 0.15) is 11.8 Å². The molecule has 0 fully saturated rings. The molecule has 1 heterocycles. The lowest BCUT2D eigenvalue weighted by atomic mass is 9.93. The van der Waals surface area contributed by atoms with E-state index in [1.54, 1.807) is 7.11 Å². The van der Waals surface area contributed by atoms with Crippen LogP contribution in [0, 0.1) is 0 Å². The van der Waals surface area contributed by atoms with Gasteiger partial charge in [-0.1, -0.05) is 36.4 Å². The first-order chi connectivity index (χ1) is 12.1. The fourth-order valence-corrected chi connectivity index (χ4v) is 3.19. The van der Waals surface area contributed by atoms with Crippen molar-refractivity contribution in [3.05, 3.63) is 65.2 Å². The third-order valence-corrected chi connectivity index (χ3v) is 4.64. The van der Waals surface area contributed by atoms with Crippen molar-refractivity contribution < 1.29 is 19.4 Å². The standard InChI is InChI=1S/C20H21NO4/c1-25-17-9-6-14(7-10-17)8-11-19(22)21-13-16-5-3-2-4-15(16)12-18(21)20(23)24/h2-7,9-10,18H,8,11-13H2,1H3,(H,23,24)/t18-/m1/s1. The molecule has 130 valence electrons. The summed E-state index contributed by atoms with van der Waals surface area (Å²) < 4.78 is 5.12. The Balaban J connectivity index is 1.70. The SMILES string of the molecule is COc1ccc(CCC(=O)N2Cc3ccccc3C[C@@H]2C(=O)O)cc1. The van der Waals surface area contributed by atoms with E-state index in [2.05, 4.69) is 0 Å². The van der Waals surface area contributed by atoms with E-state index in [1.807, 2.05) is 48.5 Å². The number of aliphatic carboxylic acids is 1. The minimum Gasteiger partial charge on any atom is -0.497 e. The number of ether oxygens (including phenoxy) is 1. The van der Waals surface area contributed by atoms with Crippen LogP contribution in [0.5, 0.6) is 5.75 Å². The number of amides is 1. The zero-order valence-electron chi connectivity index (χ0n) is 14.1. The Kier molecular flexibility index (Phi) is 5.03. The van der Waals surface area contributed by atoms with Gasteiger partial charge >= 0.3 is 5.97 Å². The summed E-state index contributed by atoms with van der Waals surface area (Å²) in [4.78, 5) is 25.8. The molecule has 1 N–H and O–H groups in total. The summed E-state index contributed by atoms with van der Waals surface area (Å²) in [6.07, 6.45) is 1.23. The van der Waals surface area contributed by atoms with Crippen LogP contribution in [0.15, 0.2) is 48.5 Å². The number of carbonyl (C=O) groups excluding carboxylic acids is 1. The molecule has 0 radical (unpaired) electrons. The van der Waals surface area contributed by atoms with Crippen molar-refractivity contribution in [1.82, 2.24) is 4.90 Å². The number of carboxylic acids is 1. The van der Waals surface area contributed by atoms with E-state index < -0.39 is 12.0 Å². The number of carboxylic acid groups (broad SMARTS) is 1. The molecule has 2 aromatic rings. The van der Waals surface area contributed by atoms with Gasteiger partial charge in [0, 0.05) is 19.4 Å². The lowest BCUT2D eigenvalue weighted by Crippen LogP contribution is -2.48. The summed E-state index contributed by atoms with van der Waals surface area (Å²) in [6.45, 7) is 0.356. The van der Waals surface area contributed by atoms with Crippen molar-refractivity contribution in [2.45, 2.75) is 31.8 Å². The average molecular weight is 339 g/mol. The molecule has 0 aromatic heterocycles. The van der Waals surface area contributed by atoms with Crippen LogP contribution in [0.4, 0.5) is 0 Å². The molecule has 3 rings (SSSR count). The van der Waals surface area contributed by atoms with E-state index in [4.69, 9.17) is 4.74 Å². The van der Waals surface area contributed by atoms with Crippen LogP contribution in [0.25, 0.3) is 0 Å². The minimum absolute atomic E-state index is 0.127. The Labute approximate surface area is 146 Å². The molecule has 5 nitrogen and oxygen atoms in total. The molecular weight excluding hydrogens is 318 g/mol. The summed E-state index contributed by atoms with van der Waals surface area (Å²) in [7, 11) is 1.61. The van der Waals surface area contributed by atoms with Crippen LogP contribution >= 0.6 is 0 Å². The van der Waals surface area contributed by atoms with Gasteiger partial charge in [0.05, 0.1) is 7.11 Å². The second-order valence-corrected chi connectivity index (χ2v) is 6.20. The summed E-state index contributed by atoms with van der Waals surface area (Å²) in [5, 5.41) is 9.52. The minimum atomic E-state index is -0.952. The monoisotopic (exact) mass is 339 g/mol. The van der Waals surface area contributed by atoms with E-state index in [-0.39, 0.29) is 12.3 Å². The maximum absolute atomic E-state index is 12.7. The molecule has 0 spiro atoms. The normalized spacial score (nSPS) is 16.2. The van der Waals surface area contributed by atoms with E-state index in [0.717, 1.165) is 22.4 Å². The van der Waals surface area contributed by atoms with Crippen molar-refractivity contribution in [2.75, 3.05) is 7.11 Å². The van der Waals surface area contributed by atoms with Gasteiger partial charge in [-0.15, -0.1) is 0 Å². The first-order valence-corrected chi connectivity index (χ1v) is 8.30. The van der Waals surface area contributed by atoms with Crippen LogP contribution in [0.2, 0.25) is 0 Å². The van der Waals surface area contributed by atoms with Crippen LogP contribution in [0.3, 0.4) is 0 Å². The maximum Gasteiger partial charge on any atom is 0.326 e. The van der Waals surface area contributed by atoms with Crippen molar-refractivity contribution in [1.29, 1.82) is 0 Å². The molecule has 2 aromatic carbocycles. The molecule has 1 amide bonds. The highest BCUT2D eigenvalue weighted by Crippen LogP contribution is 2.24. The zero-order chi connectivity index (χ0) is 17.8. The number of hydrogen-bond acceptors (Lipinski definition) is 3. The van der Waals surface area contributed by atoms with Gasteiger partial charge in [0.15, 0.2) is 0 Å². The van der Waals surface area contributed by atoms with Crippen molar-refractivity contribution in [2.24, 2.45) is 0 Å². The Bertz CT molecular complexity index is 770. The predicted octanol–water partition coefficient (Wildman–Crippen LogP) is 2.67. The average Bonchev–Trinajstić information content (AvgIpc) is 2.65. The highest BCUT2D eigenvalue weighted by atomic mass is 16.5. The molecule has 1 aliphatic rings. The van der Waals surface area contributed by atoms with Gasteiger partial charge in [0.25, 0.3) is 0 Å². The Hall–Kier alpha value is -2.82. The molecule has 0 saturated carbocycles. The molecule has 0 aliphatic carbocycles. The predicted molar refractivity (Wildman–Crippen MR) is 93.4 cm³/mol. The molecule has 0 unspecified atom stereocenters. The van der Waals surface area contributed by atoms with Crippen molar-refractivity contribution in [3.8, 4) is 5.75 Å². The molecule has 0 saturated heterocycles. The highest BCUT2D eigenvalue weighted by Gasteiger charge is 2.33. The van der Waals surface area contributed by atoms with Crippen LogP contribution in [-0.4, -0.2) is 35.0 Å². The smallest absolute Gasteiger partial charge is 0.326 e. The Morgan fingerprint density at radius 1 is 1.12 bits per heavy atom. The third kappa shape index (κ3) is 3.82. The van der Waals surface area contributed by atoms with E-state index in [9.17, 15) is 14.7 Å². The van der Waals surface area contributed by atoms with Gasteiger partial charge in [-0.25, -0.2) is 4.79 Å². The summed E-state index contributed by atoms with van der Waals surface area (Å²) in [5.74, 6) is -0.307.